The predicted octanol–water partition coefficient (Wildman–Crippen LogP) is -5.32. The molecule has 0 aromatic rings. The van der Waals surface area contributed by atoms with Gasteiger partial charge in [-0.3, -0.25) is 9.59 Å². The fraction of sp³-hybridized carbons (Fsp3) is 0.667. The zero-order valence-corrected chi connectivity index (χ0v) is 12.3. The molecule has 19 heavy (non-hydrogen) atoms. The Balaban J connectivity index is -0.00000144. The third kappa shape index (κ3) is 8.14. The summed E-state index contributed by atoms with van der Waals surface area (Å²) < 4.78 is 4.36. The van der Waals surface area contributed by atoms with Crippen LogP contribution in [0, 0.1) is 0 Å². The van der Waals surface area contributed by atoms with Crippen LogP contribution in [0.3, 0.4) is 0 Å². The molecular weight excluding hydrogens is 275 g/mol. The topological polar surface area (TPSA) is 162 Å². The number of carbonyl (C=O) groups is 3. The molecule has 2 atom stereocenters. The van der Waals surface area contributed by atoms with Crippen LogP contribution < -0.4 is 29.6 Å². The molecule has 0 saturated heterocycles. The van der Waals surface area contributed by atoms with E-state index in [9.17, 15) is 19.5 Å². The van der Waals surface area contributed by atoms with Crippen LogP contribution in [0.25, 0.3) is 0 Å². The molecule has 0 aliphatic carbocycles. The van der Waals surface area contributed by atoms with E-state index in [-0.39, 0.29) is 31.0 Å². The number of aliphatic hydroxyl groups is 3. The monoisotopic (exact) mass is 290 g/mol. The molecule has 0 heterocycles. The molecule has 106 valence electrons. The van der Waals surface area contributed by atoms with E-state index in [1.807, 2.05) is 0 Å². The maximum Gasteiger partial charge on any atom is 1.00 e. The van der Waals surface area contributed by atoms with Crippen LogP contribution in [-0.2, 0) is 19.1 Å². The Kier molecular flexibility index (Phi) is 10.0. The first kappa shape index (κ1) is 20.6. The van der Waals surface area contributed by atoms with E-state index in [4.69, 9.17) is 20.4 Å². The second kappa shape index (κ2) is 9.23. The average molecular weight is 290 g/mol. The minimum atomic E-state index is -2.77. The van der Waals surface area contributed by atoms with Crippen molar-refractivity contribution < 1.29 is 75.6 Å². The molecular formula is C9H15NaO9. The first-order valence-electron chi connectivity index (χ1n) is 4.83. The van der Waals surface area contributed by atoms with Gasteiger partial charge in [-0.1, -0.05) is 0 Å². The summed E-state index contributed by atoms with van der Waals surface area (Å²) in [4.78, 5) is 32.2. The number of hydrogen-bond donors (Lipinski definition) is 5. The van der Waals surface area contributed by atoms with Crippen molar-refractivity contribution in [1.82, 2.24) is 0 Å². The number of carbonyl (C=O) groups excluding carboxylic acids is 1. The third-order valence-corrected chi connectivity index (χ3v) is 1.93. The molecule has 0 aromatic carbocycles. The molecule has 0 radical (unpaired) electrons. The molecule has 0 aliphatic rings. The number of ether oxygens (including phenoxy) is 1. The van der Waals surface area contributed by atoms with E-state index in [0.29, 0.717) is 0 Å². The van der Waals surface area contributed by atoms with Gasteiger partial charge in [0.15, 0.2) is 5.60 Å². The minimum Gasteiger partial charge on any atom is -1.00 e. The van der Waals surface area contributed by atoms with E-state index in [1.165, 1.54) is 0 Å². The number of hydrogen-bond acceptors (Lipinski definition) is 7. The van der Waals surface area contributed by atoms with Crippen molar-refractivity contribution in [2.24, 2.45) is 0 Å². The van der Waals surface area contributed by atoms with Gasteiger partial charge < -0.3 is 31.7 Å². The molecule has 2 unspecified atom stereocenters. The average Bonchev–Trinajstić information content (AvgIpc) is 2.24. The summed E-state index contributed by atoms with van der Waals surface area (Å²) in [6.07, 6.45) is -3.57. The maximum absolute atomic E-state index is 11.1. The predicted molar refractivity (Wildman–Crippen MR) is 54.6 cm³/mol. The molecule has 5 N–H and O–H groups in total. The summed E-state index contributed by atoms with van der Waals surface area (Å²) in [5.41, 5.74) is -2.77. The molecule has 0 aliphatic heterocycles. The normalized spacial score (nSPS) is 14.7. The number of carboxylic acid groups (broad SMARTS) is 2. The molecule has 10 heteroatoms. The van der Waals surface area contributed by atoms with Gasteiger partial charge in [0.1, 0.15) is 12.7 Å². The summed E-state index contributed by atoms with van der Waals surface area (Å²) in [5.74, 6) is -4.67. The molecule has 0 saturated carbocycles. The van der Waals surface area contributed by atoms with Crippen molar-refractivity contribution in [2.75, 3.05) is 13.2 Å². The zero-order chi connectivity index (χ0) is 14.3. The molecule has 9 nitrogen and oxygen atoms in total. The van der Waals surface area contributed by atoms with Crippen molar-refractivity contribution in [3.63, 3.8) is 0 Å². The van der Waals surface area contributed by atoms with E-state index in [1.54, 1.807) is 0 Å². The summed E-state index contributed by atoms with van der Waals surface area (Å²) in [5, 5.41) is 43.8. The second-order valence-electron chi connectivity index (χ2n) is 3.60. The van der Waals surface area contributed by atoms with Crippen molar-refractivity contribution >= 4 is 17.9 Å². The SMILES string of the molecule is O=C(O)CC(O)(CC(=O)OCC(O)CO)C(=O)O.[H-].[Na+]. The third-order valence-electron chi connectivity index (χ3n) is 1.93. The number of rotatable bonds is 8. The van der Waals surface area contributed by atoms with E-state index >= 15 is 0 Å². The van der Waals surface area contributed by atoms with Gasteiger partial charge >= 0.3 is 47.5 Å². The summed E-state index contributed by atoms with van der Waals surface area (Å²) in [7, 11) is 0. The van der Waals surface area contributed by atoms with Gasteiger partial charge in [0, 0.05) is 0 Å². The minimum absolute atomic E-state index is 0. The van der Waals surface area contributed by atoms with Crippen LogP contribution in [0.5, 0.6) is 0 Å². The van der Waals surface area contributed by atoms with Gasteiger partial charge in [-0.05, 0) is 0 Å². The Morgan fingerprint density at radius 1 is 1.21 bits per heavy atom. The molecule has 0 amide bonds. The van der Waals surface area contributed by atoms with Crippen molar-refractivity contribution in [3.05, 3.63) is 0 Å². The zero-order valence-electron chi connectivity index (χ0n) is 11.3. The Labute approximate surface area is 131 Å². The van der Waals surface area contributed by atoms with Crippen molar-refractivity contribution in [3.8, 4) is 0 Å². The maximum atomic E-state index is 11.1. The molecule has 0 aromatic heterocycles. The van der Waals surface area contributed by atoms with E-state index in [0.717, 1.165) is 0 Å². The van der Waals surface area contributed by atoms with Gasteiger partial charge in [-0.15, -0.1) is 0 Å². The Hall–Kier alpha value is -0.710. The van der Waals surface area contributed by atoms with E-state index in [2.05, 4.69) is 4.74 Å². The summed E-state index contributed by atoms with van der Waals surface area (Å²) in [6.45, 7) is -1.25. The smallest absolute Gasteiger partial charge is 1.00 e. The number of esters is 1. The van der Waals surface area contributed by atoms with Crippen molar-refractivity contribution in [1.29, 1.82) is 0 Å². The van der Waals surface area contributed by atoms with Crippen LogP contribution >= 0.6 is 0 Å². The summed E-state index contributed by atoms with van der Waals surface area (Å²) >= 11 is 0. The molecule has 0 rings (SSSR count). The molecule has 0 fully saturated rings. The Bertz CT molecular complexity index is 337. The van der Waals surface area contributed by atoms with Crippen LogP contribution in [0.1, 0.15) is 14.3 Å². The first-order valence-corrected chi connectivity index (χ1v) is 4.83. The largest absolute Gasteiger partial charge is 1.00 e. The van der Waals surface area contributed by atoms with Gasteiger partial charge in [0.05, 0.1) is 19.4 Å². The van der Waals surface area contributed by atoms with Crippen LogP contribution in [0.15, 0.2) is 0 Å². The first-order chi connectivity index (χ1) is 8.21. The summed E-state index contributed by atoms with van der Waals surface area (Å²) in [6, 6.07) is 0. The van der Waals surface area contributed by atoms with Crippen molar-refractivity contribution in [2.45, 2.75) is 24.5 Å². The van der Waals surface area contributed by atoms with Gasteiger partial charge in [0.2, 0.25) is 0 Å². The van der Waals surface area contributed by atoms with Crippen LogP contribution in [0.2, 0.25) is 0 Å². The quantitative estimate of drug-likeness (QED) is 0.217. The fourth-order valence-corrected chi connectivity index (χ4v) is 0.996. The Morgan fingerprint density at radius 3 is 2.11 bits per heavy atom. The standard InChI is InChI=1S/C9H14O9.Na.H/c10-3-5(11)4-18-7(14)2-9(17,8(15)16)1-6(12)13;;/h5,10-11,17H,1-4H2,(H,12,13)(H,15,16);;/q;+1;-1. The van der Waals surface area contributed by atoms with Crippen LogP contribution in [-0.4, -0.2) is 68.4 Å². The van der Waals surface area contributed by atoms with Gasteiger partial charge in [0.25, 0.3) is 0 Å². The Morgan fingerprint density at radius 2 is 1.74 bits per heavy atom. The molecule has 0 bridgehead atoms. The number of aliphatic carboxylic acids is 2. The van der Waals surface area contributed by atoms with Gasteiger partial charge in [-0.2, -0.15) is 0 Å². The number of aliphatic hydroxyl groups excluding tert-OH is 2. The second-order valence-corrected chi connectivity index (χ2v) is 3.60. The van der Waals surface area contributed by atoms with E-state index < -0.39 is 55.7 Å². The van der Waals surface area contributed by atoms with Crippen LogP contribution in [0.4, 0.5) is 0 Å². The fourth-order valence-electron chi connectivity index (χ4n) is 0.996. The van der Waals surface area contributed by atoms with Gasteiger partial charge in [-0.25, -0.2) is 4.79 Å². The molecule has 0 spiro atoms. The number of carboxylic acids is 2.